The van der Waals surface area contributed by atoms with Crippen molar-refractivity contribution in [3.63, 3.8) is 0 Å². The minimum atomic E-state index is -0.0527. The van der Waals surface area contributed by atoms with Gasteiger partial charge in [-0.25, -0.2) is 9.67 Å². The summed E-state index contributed by atoms with van der Waals surface area (Å²) in [5.41, 5.74) is 1.29. The second-order valence-electron chi connectivity index (χ2n) is 7.97. The second-order valence-corrected chi connectivity index (χ2v) is 7.97. The van der Waals surface area contributed by atoms with Crippen molar-refractivity contribution in [1.82, 2.24) is 19.7 Å². The van der Waals surface area contributed by atoms with E-state index in [1.165, 1.54) is 5.56 Å². The third-order valence-electron chi connectivity index (χ3n) is 4.73. The number of benzene rings is 1. The van der Waals surface area contributed by atoms with E-state index in [0.717, 1.165) is 51.5 Å². The Hall–Kier alpha value is -1.72. The largest absolute Gasteiger partial charge is 0.381 e. The number of ether oxygens (including phenoxy) is 1. The quantitative estimate of drug-likeness (QED) is 0.806. The van der Waals surface area contributed by atoms with Gasteiger partial charge in [0.15, 0.2) is 0 Å². The van der Waals surface area contributed by atoms with Crippen LogP contribution in [0.15, 0.2) is 36.7 Å². The molecule has 0 aliphatic carbocycles. The van der Waals surface area contributed by atoms with Crippen LogP contribution in [0.25, 0.3) is 0 Å². The van der Waals surface area contributed by atoms with Crippen LogP contribution in [0.5, 0.6) is 0 Å². The smallest absolute Gasteiger partial charge is 0.141 e. The standard InChI is InChI=1S/C20H30N4O/c1-20(2,3)24-19(21-16-22-24)15-23(13-17-7-5-4-6-8-17)14-18-9-11-25-12-10-18/h4-8,16,18H,9-15H2,1-3H3. The van der Waals surface area contributed by atoms with E-state index in [4.69, 9.17) is 4.74 Å². The second kappa shape index (κ2) is 8.11. The summed E-state index contributed by atoms with van der Waals surface area (Å²) in [7, 11) is 0. The normalized spacial score (nSPS) is 16.5. The molecular weight excluding hydrogens is 312 g/mol. The molecule has 0 amide bonds. The Morgan fingerprint density at radius 3 is 2.52 bits per heavy atom. The first kappa shape index (κ1) is 18.1. The van der Waals surface area contributed by atoms with Gasteiger partial charge in [0.2, 0.25) is 0 Å². The van der Waals surface area contributed by atoms with E-state index in [0.29, 0.717) is 5.92 Å². The predicted molar refractivity (Wildman–Crippen MR) is 99.1 cm³/mol. The molecule has 0 saturated carbocycles. The molecule has 5 heteroatoms. The van der Waals surface area contributed by atoms with Gasteiger partial charge in [-0.3, -0.25) is 4.90 Å². The van der Waals surface area contributed by atoms with Gasteiger partial charge in [-0.2, -0.15) is 5.10 Å². The maximum atomic E-state index is 5.52. The molecule has 3 rings (SSSR count). The fraction of sp³-hybridized carbons (Fsp3) is 0.600. The highest BCUT2D eigenvalue weighted by molar-refractivity contribution is 5.14. The highest BCUT2D eigenvalue weighted by Crippen LogP contribution is 2.20. The van der Waals surface area contributed by atoms with Gasteiger partial charge in [-0.1, -0.05) is 30.3 Å². The number of rotatable bonds is 6. The summed E-state index contributed by atoms with van der Waals surface area (Å²) in [5, 5.41) is 4.45. The highest BCUT2D eigenvalue weighted by Gasteiger charge is 2.23. The summed E-state index contributed by atoms with van der Waals surface area (Å²) in [6, 6.07) is 10.7. The molecule has 1 aliphatic heterocycles. The van der Waals surface area contributed by atoms with Gasteiger partial charge in [0.25, 0.3) is 0 Å². The first-order chi connectivity index (χ1) is 12.0. The molecule has 0 N–H and O–H groups in total. The van der Waals surface area contributed by atoms with Gasteiger partial charge in [-0.15, -0.1) is 0 Å². The van der Waals surface area contributed by atoms with Crippen LogP contribution >= 0.6 is 0 Å². The summed E-state index contributed by atoms with van der Waals surface area (Å²) in [5.74, 6) is 1.74. The summed E-state index contributed by atoms with van der Waals surface area (Å²) >= 11 is 0. The molecule has 1 fully saturated rings. The lowest BCUT2D eigenvalue weighted by molar-refractivity contribution is 0.0493. The molecule has 2 heterocycles. The average molecular weight is 342 g/mol. The highest BCUT2D eigenvalue weighted by atomic mass is 16.5. The molecule has 0 spiro atoms. The Labute approximate surface area is 151 Å². The monoisotopic (exact) mass is 342 g/mol. The Kier molecular flexibility index (Phi) is 5.86. The molecule has 1 aromatic heterocycles. The third kappa shape index (κ3) is 5.13. The molecule has 25 heavy (non-hydrogen) atoms. The average Bonchev–Trinajstić information content (AvgIpc) is 3.05. The lowest BCUT2D eigenvalue weighted by Crippen LogP contribution is -2.34. The first-order valence-corrected chi connectivity index (χ1v) is 9.26. The van der Waals surface area contributed by atoms with Crippen molar-refractivity contribution in [3.8, 4) is 0 Å². The van der Waals surface area contributed by atoms with Gasteiger partial charge >= 0.3 is 0 Å². The zero-order valence-electron chi connectivity index (χ0n) is 15.7. The topological polar surface area (TPSA) is 43.2 Å². The molecule has 1 saturated heterocycles. The van der Waals surface area contributed by atoms with Crippen molar-refractivity contribution in [2.45, 2.75) is 52.2 Å². The molecule has 0 unspecified atom stereocenters. The van der Waals surface area contributed by atoms with Crippen LogP contribution in [0.1, 0.15) is 45.0 Å². The summed E-state index contributed by atoms with van der Waals surface area (Å²) < 4.78 is 7.57. The fourth-order valence-corrected chi connectivity index (χ4v) is 3.45. The Morgan fingerprint density at radius 2 is 1.84 bits per heavy atom. The van der Waals surface area contributed by atoms with Crippen LogP contribution < -0.4 is 0 Å². The van der Waals surface area contributed by atoms with Crippen molar-refractivity contribution in [3.05, 3.63) is 48.0 Å². The summed E-state index contributed by atoms with van der Waals surface area (Å²) in [4.78, 5) is 7.05. The van der Waals surface area contributed by atoms with Gasteiger partial charge in [-0.05, 0) is 45.1 Å². The van der Waals surface area contributed by atoms with E-state index in [1.807, 2.05) is 0 Å². The molecule has 2 aromatic rings. The minimum Gasteiger partial charge on any atom is -0.381 e. The van der Waals surface area contributed by atoms with Crippen molar-refractivity contribution in [2.24, 2.45) is 5.92 Å². The minimum absolute atomic E-state index is 0.0527. The molecule has 0 bridgehead atoms. The summed E-state index contributed by atoms with van der Waals surface area (Å²) in [6.45, 7) is 11.1. The van der Waals surface area contributed by atoms with Gasteiger partial charge in [0.05, 0.1) is 12.1 Å². The number of hydrogen-bond donors (Lipinski definition) is 0. The molecule has 1 aliphatic rings. The van der Waals surface area contributed by atoms with E-state index < -0.39 is 0 Å². The van der Waals surface area contributed by atoms with Crippen LogP contribution in [0, 0.1) is 5.92 Å². The molecule has 136 valence electrons. The van der Waals surface area contributed by atoms with E-state index in [1.54, 1.807) is 6.33 Å². The summed E-state index contributed by atoms with van der Waals surface area (Å²) in [6.07, 6.45) is 3.98. The Bertz CT molecular complexity index is 641. The van der Waals surface area contributed by atoms with Crippen LogP contribution in [0.3, 0.4) is 0 Å². The van der Waals surface area contributed by atoms with E-state index in [2.05, 4.69) is 70.8 Å². The zero-order chi connectivity index (χ0) is 17.7. The SMILES string of the molecule is CC(C)(C)n1ncnc1CN(Cc1ccccc1)CC1CCOCC1. The third-order valence-corrected chi connectivity index (χ3v) is 4.73. The maximum absolute atomic E-state index is 5.52. The zero-order valence-corrected chi connectivity index (χ0v) is 15.7. The van der Waals surface area contributed by atoms with Crippen molar-refractivity contribution < 1.29 is 4.74 Å². The van der Waals surface area contributed by atoms with Crippen LogP contribution in [0.2, 0.25) is 0 Å². The molecule has 5 nitrogen and oxygen atoms in total. The van der Waals surface area contributed by atoms with E-state index in [-0.39, 0.29) is 5.54 Å². The lowest BCUT2D eigenvalue weighted by atomic mass is 9.99. The van der Waals surface area contributed by atoms with Gasteiger partial charge in [0.1, 0.15) is 12.2 Å². The Morgan fingerprint density at radius 1 is 1.12 bits per heavy atom. The molecular formula is C20H30N4O. The first-order valence-electron chi connectivity index (χ1n) is 9.26. The lowest BCUT2D eigenvalue weighted by Gasteiger charge is -2.30. The van der Waals surface area contributed by atoms with E-state index in [9.17, 15) is 0 Å². The molecule has 0 atom stereocenters. The van der Waals surface area contributed by atoms with Gasteiger partial charge < -0.3 is 4.74 Å². The van der Waals surface area contributed by atoms with E-state index >= 15 is 0 Å². The van der Waals surface area contributed by atoms with Crippen LogP contribution in [-0.4, -0.2) is 39.4 Å². The van der Waals surface area contributed by atoms with Crippen molar-refractivity contribution in [2.75, 3.05) is 19.8 Å². The molecule has 0 radical (unpaired) electrons. The molecule has 1 aromatic carbocycles. The number of nitrogens with zero attached hydrogens (tertiary/aromatic N) is 4. The maximum Gasteiger partial charge on any atom is 0.141 e. The number of aromatic nitrogens is 3. The predicted octanol–water partition coefficient (Wildman–Crippen LogP) is 3.46. The van der Waals surface area contributed by atoms with Crippen molar-refractivity contribution >= 4 is 0 Å². The number of hydrogen-bond acceptors (Lipinski definition) is 4. The van der Waals surface area contributed by atoms with Crippen LogP contribution in [0.4, 0.5) is 0 Å². The fourth-order valence-electron chi connectivity index (χ4n) is 3.45. The van der Waals surface area contributed by atoms with Crippen molar-refractivity contribution in [1.29, 1.82) is 0 Å². The van der Waals surface area contributed by atoms with Gasteiger partial charge in [0, 0.05) is 26.3 Å². The Balaban J connectivity index is 1.74. The van der Waals surface area contributed by atoms with Crippen LogP contribution in [-0.2, 0) is 23.4 Å².